The number of nitrogens with zero attached hydrogens (tertiary/aromatic N) is 1. The second kappa shape index (κ2) is 10.2. The number of anilines is 1. The molecule has 1 N–H and O–H groups in total. The van der Waals surface area contributed by atoms with E-state index in [1.807, 2.05) is 49.4 Å². The van der Waals surface area contributed by atoms with Crippen molar-refractivity contribution in [2.24, 2.45) is 5.92 Å². The minimum atomic E-state index is -4.69. The second-order valence-corrected chi connectivity index (χ2v) is 10.5. The Kier molecular flexibility index (Phi) is 7.77. The topological polar surface area (TPSA) is 66.5 Å². The molecule has 3 aromatic carbocycles. The molecule has 0 bridgehead atoms. The summed E-state index contributed by atoms with van der Waals surface area (Å²) >= 11 is 5.99. The van der Waals surface area contributed by atoms with E-state index < -0.39 is 39.9 Å². The molecule has 0 radical (unpaired) electrons. The third-order valence-electron chi connectivity index (χ3n) is 5.33. The molecule has 0 heterocycles. The van der Waals surface area contributed by atoms with Crippen LogP contribution in [0.25, 0.3) is 10.8 Å². The van der Waals surface area contributed by atoms with Crippen LogP contribution in [-0.2, 0) is 27.4 Å². The lowest BCUT2D eigenvalue weighted by molar-refractivity contribution is -0.137. The van der Waals surface area contributed by atoms with Gasteiger partial charge in [0.2, 0.25) is 15.9 Å². The van der Waals surface area contributed by atoms with E-state index in [9.17, 15) is 26.4 Å². The van der Waals surface area contributed by atoms with Gasteiger partial charge in [0.1, 0.15) is 6.54 Å². The predicted octanol–water partition coefficient (Wildman–Crippen LogP) is 5.27. The van der Waals surface area contributed by atoms with Gasteiger partial charge < -0.3 is 5.32 Å². The lowest BCUT2D eigenvalue weighted by atomic mass is 9.96. The molecule has 3 rings (SSSR count). The molecule has 0 aliphatic carbocycles. The molecule has 34 heavy (non-hydrogen) atoms. The Balaban J connectivity index is 1.70. The molecule has 0 spiro atoms. The summed E-state index contributed by atoms with van der Waals surface area (Å²) in [6, 6.07) is 16.3. The summed E-state index contributed by atoms with van der Waals surface area (Å²) in [5.41, 5.74) is -0.351. The summed E-state index contributed by atoms with van der Waals surface area (Å²) in [5.74, 6) is -0.623. The Labute approximate surface area is 201 Å². The van der Waals surface area contributed by atoms with Gasteiger partial charge >= 0.3 is 6.18 Å². The highest BCUT2D eigenvalue weighted by Gasteiger charge is 2.33. The van der Waals surface area contributed by atoms with Crippen molar-refractivity contribution in [3.63, 3.8) is 0 Å². The number of sulfonamides is 1. The van der Waals surface area contributed by atoms with Crippen LogP contribution in [0.3, 0.4) is 0 Å². The van der Waals surface area contributed by atoms with E-state index in [-0.39, 0.29) is 17.5 Å². The number of carbonyl (C=O) groups excluding carboxylic acids is 1. The summed E-state index contributed by atoms with van der Waals surface area (Å²) in [4.78, 5) is 12.6. The minimum absolute atomic E-state index is 0.0265. The zero-order chi connectivity index (χ0) is 25.1. The molecule has 10 heteroatoms. The maximum Gasteiger partial charge on any atom is 0.416 e. The maximum atomic E-state index is 13.1. The standard InChI is InChI=1S/C24H24ClF3N2O3S/c1-16(12-18-8-5-7-17-6-3-4-9-20(17)18)14-29-23(31)15-30(34(2,32)33)22-13-19(24(26,27)28)10-11-21(22)25/h3-11,13,16H,12,14-15H2,1-2H3,(H,29,31). The van der Waals surface area contributed by atoms with Gasteiger partial charge in [-0.1, -0.05) is 61.0 Å². The van der Waals surface area contributed by atoms with Gasteiger partial charge in [-0.3, -0.25) is 9.10 Å². The minimum Gasteiger partial charge on any atom is -0.354 e. The van der Waals surface area contributed by atoms with Crippen molar-refractivity contribution in [2.45, 2.75) is 19.5 Å². The highest BCUT2D eigenvalue weighted by molar-refractivity contribution is 7.92. The summed E-state index contributed by atoms with van der Waals surface area (Å²) in [7, 11) is -4.09. The van der Waals surface area contributed by atoms with Gasteiger partial charge in [0, 0.05) is 6.54 Å². The fourth-order valence-electron chi connectivity index (χ4n) is 3.65. The highest BCUT2D eigenvalue weighted by Crippen LogP contribution is 2.36. The molecular formula is C24H24ClF3N2O3S. The number of benzene rings is 3. The normalized spacial score (nSPS) is 13.0. The van der Waals surface area contributed by atoms with Crippen LogP contribution in [0.5, 0.6) is 0 Å². The van der Waals surface area contributed by atoms with Gasteiger partial charge in [0.15, 0.2) is 0 Å². The molecule has 0 aliphatic heterocycles. The average molecular weight is 513 g/mol. The Bertz CT molecular complexity index is 1290. The smallest absolute Gasteiger partial charge is 0.354 e. The van der Waals surface area contributed by atoms with Crippen molar-refractivity contribution in [3.05, 3.63) is 76.8 Å². The van der Waals surface area contributed by atoms with Crippen LogP contribution in [0.2, 0.25) is 5.02 Å². The zero-order valence-electron chi connectivity index (χ0n) is 18.6. The van der Waals surface area contributed by atoms with Crippen molar-refractivity contribution >= 4 is 44.0 Å². The van der Waals surface area contributed by atoms with E-state index in [4.69, 9.17) is 11.6 Å². The Hall–Kier alpha value is -2.78. The molecule has 1 unspecified atom stereocenters. The van der Waals surface area contributed by atoms with E-state index >= 15 is 0 Å². The number of amides is 1. The summed E-state index contributed by atoms with van der Waals surface area (Å²) in [6.07, 6.45) is -3.21. The molecule has 0 saturated carbocycles. The number of nitrogens with one attached hydrogen (secondary N) is 1. The highest BCUT2D eigenvalue weighted by atomic mass is 35.5. The van der Waals surface area contributed by atoms with Gasteiger partial charge in [0.05, 0.1) is 22.5 Å². The van der Waals surface area contributed by atoms with Gasteiger partial charge in [-0.25, -0.2) is 8.42 Å². The van der Waals surface area contributed by atoms with Gasteiger partial charge in [-0.2, -0.15) is 13.2 Å². The van der Waals surface area contributed by atoms with E-state index in [0.29, 0.717) is 16.8 Å². The van der Waals surface area contributed by atoms with Crippen LogP contribution in [0.1, 0.15) is 18.1 Å². The molecule has 1 atom stereocenters. The lowest BCUT2D eigenvalue weighted by Crippen LogP contribution is -2.42. The fraction of sp³-hybridized carbons (Fsp3) is 0.292. The van der Waals surface area contributed by atoms with Crippen molar-refractivity contribution < 1.29 is 26.4 Å². The largest absolute Gasteiger partial charge is 0.416 e. The van der Waals surface area contributed by atoms with Crippen LogP contribution >= 0.6 is 11.6 Å². The van der Waals surface area contributed by atoms with Gasteiger partial charge in [-0.05, 0) is 46.9 Å². The average Bonchev–Trinajstić information content (AvgIpc) is 2.75. The summed E-state index contributed by atoms with van der Waals surface area (Å²) < 4.78 is 64.5. The number of halogens is 4. The summed E-state index contributed by atoms with van der Waals surface area (Å²) in [6.45, 7) is 1.51. The van der Waals surface area contributed by atoms with Crippen LogP contribution in [-0.4, -0.2) is 33.7 Å². The number of hydrogen-bond acceptors (Lipinski definition) is 3. The first-order valence-corrected chi connectivity index (χ1v) is 12.7. The molecular weight excluding hydrogens is 489 g/mol. The number of rotatable bonds is 8. The van der Waals surface area contributed by atoms with Crippen LogP contribution < -0.4 is 9.62 Å². The Morgan fingerprint density at radius 3 is 2.44 bits per heavy atom. The van der Waals surface area contributed by atoms with Crippen molar-refractivity contribution in [1.82, 2.24) is 5.32 Å². The van der Waals surface area contributed by atoms with Gasteiger partial charge in [0.25, 0.3) is 0 Å². The summed E-state index contributed by atoms with van der Waals surface area (Å²) in [5, 5.41) is 4.69. The number of carbonyl (C=O) groups is 1. The third kappa shape index (κ3) is 6.42. The first-order valence-electron chi connectivity index (χ1n) is 10.4. The van der Waals surface area contributed by atoms with Crippen molar-refractivity contribution in [1.29, 1.82) is 0 Å². The number of alkyl halides is 3. The first kappa shape index (κ1) is 25.8. The van der Waals surface area contributed by atoms with Crippen molar-refractivity contribution in [3.8, 4) is 0 Å². The number of hydrogen-bond donors (Lipinski definition) is 1. The predicted molar refractivity (Wildman–Crippen MR) is 128 cm³/mol. The second-order valence-electron chi connectivity index (χ2n) is 8.19. The van der Waals surface area contributed by atoms with Crippen LogP contribution in [0.4, 0.5) is 18.9 Å². The molecule has 3 aromatic rings. The van der Waals surface area contributed by atoms with E-state index in [1.54, 1.807) is 0 Å². The van der Waals surface area contributed by atoms with Crippen LogP contribution in [0.15, 0.2) is 60.7 Å². The zero-order valence-corrected chi connectivity index (χ0v) is 20.1. The molecule has 0 aromatic heterocycles. The Morgan fingerprint density at radius 1 is 1.09 bits per heavy atom. The molecule has 0 aliphatic rings. The third-order valence-corrected chi connectivity index (χ3v) is 6.77. The van der Waals surface area contributed by atoms with Crippen LogP contribution in [0, 0.1) is 5.92 Å². The molecule has 0 fully saturated rings. The van der Waals surface area contributed by atoms with Gasteiger partial charge in [-0.15, -0.1) is 0 Å². The molecule has 1 amide bonds. The Morgan fingerprint density at radius 2 is 1.76 bits per heavy atom. The quantitative estimate of drug-likeness (QED) is 0.447. The first-order chi connectivity index (χ1) is 15.9. The van der Waals surface area contributed by atoms with E-state index in [0.717, 1.165) is 34.7 Å². The molecule has 0 saturated heterocycles. The monoisotopic (exact) mass is 512 g/mol. The van der Waals surface area contributed by atoms with E-state index in [1.165, 1.54) is 0 Å². The SMILES string of the molecule is CC(CNC(=O)CN(c1cc(C(F)(F)F)ccc1Cl)S(C)(=O)=O)Cc1cccc2ccccc12. The number of fused-ring (bicyclic) bond motifs is 1. The lowest BCUT2D eigenvalue weighted by Gasteiger charge is -2.24. The maximum absolute atomic E-state index is 13.1. The van der Waals surface area contributed by atoms with E-state index in [2.05, 4.69) is 5.32 Å². The molecule has 5 nitrogen and oxygen atoms in total. The molecule has 182 valence electrons. The fourth-order valence-corrected chi connectivity index (χ4v) is 4.78. The van der Waals surface area contributed by atoms with Crippen molar-refractivity contribution in [2.75, 3.05) is 23.7 Å².